The first-order valence-electron chi connectivity index (χ1n) is 7.80. The Kier molecular flexibility index (Phi) is 6.21. The fourth-order valence-corrected chi connectivity index (χ4v) is 4.05. The number of amides is 1. The standard InChI is InChI=1S/C16H20ClN3O3S/c1-12-3-2-8-20(11-12)16(21)6-7-19-24(22,23)14-5-4-13(10-18)15(17)9-14/h4-5,9,12,19H,2-3,6-8,11H2,1H3/t12-/m1/s1. The molecule has 0 saturated carbocycles. The van der Waals surface area contributed by atoms with Gasteiger partial charge in [0, 0.05) is 26.1 Å². The van der Waals surface area contributed by atoms with E-state index in [1.807, 2.05) is 6.07 Å². The summed E-state index contributed by atoms with van der Waals surface area (Å²) >= 11 is 5.86. The Morgan fingerprint density at radius 1 is 1.50 bits per heavy atom. The van der Waals surface area contributed by atoms with E-state index in [1.165, 1.54) is 18.2 Å². The molecule has 0 radical (unpaired) electrons. The molecule has 8 heteroatoms. The molecule has 1 saturated heterocycles. The summed E-state index contributed by atoms with van der Waals surface area (Å²) in [4.78, 5) is 13.9. The van der Waals surface area contributed by atoms with Gasteiger partial charge < -0.3 is 4.90 Å². The Bertz CT molecular complexity index is 758. The monoisotopic (exact) mass is 369 g/mol. The van der Waals surface area contributed by atoms with Crippen molar-refractivity contribution in [2.24, 2.45) is 5.92 Å². The number of nitrogens with zero attached hydrogens (tertiary/aromatic N) is 2. The number of rotatable bonds is 5. The van der Waals surface area contributed by atoms with Gasteiger partial charge in [0.05, 0.1) is 15.5 Å². The zero-order valence-corrected chi connectivity index (χ0v) is 15.0. The number of carbonyl (C=O) groups is 1. The number of sulfonamides is 1. The lowest BCUT2D eigenvalue weighted by molar-refractivity contribution is -0.132. The van der Waals surface area contributed by atoms with Crippen LogP contribution in [0.4, 0.5) is 0 Å². The van der Waals surface area contributed by atoms with E-state index in [2.05, 4.69) is 11.6 Å². The van der Waals surface area contributed by atoms with E-state index in [4.69, 9.17) is 16.9 Å². The van der Waals surface area contributed by atoms with E-state index in [9.17, 15) is 13.2 Å². The number of piperidine rings is 1. The summed E-state index contributed by atoms with van der Waals surface area (Å²) in [7, 11) is -3.76. The third kappa shape index (κ3) is 4.69. The molecule has 0 spiro atoms. The van der Waals surface area contributed by atoms with Crippen LogP contribution in [0.25, 0.3) is 0 Å². The quantitative estimate of drug-likeness (QED) is 0.860. The summed E-state index contributed by atoms with van der Waals surface area (Å²) < 4.78 is 26.8. The van der Waals surface area contributed by atoms with Crippen LogP contribution in [-0.4, -0.2) is 38.9 Å². The van der Waals surface area contributed by atoms with Crippen molar-refractivity contribution < 1.29 is 13.2 Å². The van der Waals surface area contributed by atoms with Crippen molar-refractivity contribution in [1.29, 1.82) is 5.26 Å². The van der Waals surface area contributed by atoms with Crippen molar-refractivity contribution in [3.05, 3.63) is 28.8 Å². The summed E-state index contributed by atoms with van der Waals surface area (Å²) in [6.45, 7) is 3.61. The first-order valence-corrected chi connectivity index (χ1v) is 9.66. The molecule has 1 amide bonds. The third-order valence-electron chi connectivity index (χ3n) is 4.01. The maximum absolute atomic E-state index is 12.2. The highest BCUT2D eigenvalue weighted by Gasteiger charge is 2.21. The topological polar surface area (TPSA) is 90.3 Å². The molecule has 130 valence electrons. The Morgan fingerprint density at radius 2 is 2.25 bits per heavy atom. The van der Waals surface area contributed by atoms with E-state index < -0.39 is 10.0 Å². The summed E-state index contributed by atoms with van der Waals surface area (Å²) in [6, 6.07) is 5.79. The second kappa shape index (κ2) is 7.97. The van der Waals surface area contributed by atoms with Gasteiger partial charge >= 0.3 is 0 Å². The second-order valence-electron chi connectivity index (χ2n) is 5.99. The lowest BCUT2D eigenvalue weighted by atomic mass is 10.0. The fraction of sp³-hybridized carbons (Fsp3) is 0.500. The van der Waals surface area contributed by atoms with Crippen LogP contribution in [-0.2, 0) is 14.8 Å². The van der Waals surface area contributed by atoms with Gasteiger partial charge in [0.1, 0.15) is 6.07 Å². The van der Waals surface area contributed by atoms with Crippen LogP contribution >= 0.6 is 11.6 Å². The van der Waals surface area contributed by atoms with Crippen molar-refractivity contribution in [3.63, 3.8) is 0 Å². The SMILES string of the molecule is C[C@@H]1CCCN(C(=O)CCNS(=O)(=O)c2ccc(C#N)c(Cl)c2)C1. The largest absolute Gasteiger partial charge is 0.342 e. The van der Waals surface area contributed by atoms with Crippen LogP contribution < -0.4 is 4.72 Å². The number of nitrogens with one attached hydrogen (secondary N) is 1. The average molecular weight is 370 g/mol. The van der Waals surface area contributed by atoms with Crippen molar-refractivity contribution in [2.75, 3.05) is 19.6 Å². The maximum Gasteiger partial charge on any atom is 0.240 e. The van der Waals surface area contributed by atoms with E-state index in [-0.39, 0.29) is 34.4 Å². The lowest BCUT2D eigenvalue weighted by Gasteiger charge is -2.31. The number of halogens is 1. The lowest BCUT2D eigenvalue weighted by Crippen LogP contribution is -2.40. The zero-order valence-electron chi connectivity index (χ0n) is 13.5. The van der Waals surface area contributed by atoms with E-state index in [0.29, 0.717) is 5.92 Å². The Labute approximate surface area is 147 Å². The van der Waals surface area contributed by atoms with Gasteiger partial charge in [0.2, 0.25) is 15.9 Å². The van der Waals surface area contributed by atoms with Crippen molar-refractivity contribution in [1.82, 2.24) is 9.62 Å². The highest BCUT2D eigenvalue weighted by molar-refractivity contribution is 7.89. The molecule has 0 aliphatic carbocycles. The Morgan fingerprint density at radius 3 is 2.88 bits per heavy atom. The van der Waals surface area contributed by atoms with Gasteiger partial charge in [0.25, 0.3) is 0 Å². The van der Waals surface area contributed by atoms with Gasteiger partial charge in [0.15, 0.2) is 0 Å². The predicted molar refractivity (Wildman–Crippen MR) is 91.0 cm³/mol. The van der Waals surface area contributed by atoms with Crippen LogP contribution in [0.3, 0.4) is 0 Å². The molecule has 1 aromatic carbocycles. The smallest absolute Gasteiger partial charge is 0.240 e. The molecule has 1 heterocycles. The van der Waals surface area contributed by atoms with Gasteiger partial charge in [-0.3, -0.25) is 4.79 Å². The minimum Gasteiger partial charge on any atom is -0.342 e. The molecule has 2 rings (SSSR count). The number of nitriles is 1. The number of likely N-dealkylation sites (tertiary alicyclic amines) is 1. The molecule has 0 unspecified atom stereocenters. The van der Waals surface area contributed by atoms with Crippen LogP contribution in [0.15, 0.2) is 23.1 Å². The second-order valence-corrected chi connectivity index (χ2v) is 8.16. The summed E-state index contributed by atoms with van der Waals surface area (Å²) in [5.41, 5.74) is 0.213. The fourth-order valence-electron chi connectivity index (χ4n) is 2.70. The molecular formula is C16H20ClN3O3S. The summed E-state index contributed by atoms with van der Waals surface area (Å²) in [5.74, 6) is 0.447. The van der Waals surface area contributed by atoms with Crippen molar-refractivity contribution in [3.8, 4) is 6.07 Å². The maximum atomic E-state index is 12.2. The Hall–Kier alpha value is -1.62. The average Bonchev–Trinajstić information content (AvgIpc) is 2.54. The number of benzene rings is 1. The summed E-state index contributed by atoms with van der Waals surface area (Å²) in [5, 5.41) is 8.90. The molecule has 0 aromatic heterocycles. The van der Waals surface area contributed by atoms with Crippen molar-refractivity contribution in [2.45, 2.75) is 31.1 Å². The summed E-state index contributed by atoms with van der Waals surface area (Å²) in [6.07, 6.45) is 2.23. The van der Waals surface area contributed by atoms with Gasteiger partial charge in [-0.1, -0.05) is 18.5 Å². The molecule has 1 aromatic rings. The van der Waals surface area contributed by atoms with Gasteiger partial charge in [-0.2, -0.15) is 5.26 Å². The first-order chi connectivity index (χ1) is 11.3. The predicted octanol–water partition coefficient (Wildman–Crippen LogP) is 2.14. The molecule has 1 atom stereocenters. The first kappa shape index (κ1) is 18.7. The normalized spacial score (nSPS) is 18.2. The van der Waals surface area contributed by atoms with E-state index in [0.717, 1.165) is 25.9 Å². The zero-order chi connectivity index (χ0) is 17.7. The number of hydrogen-bond acceptors (Lipinski definition) is 4. The van der Waals surface area contributed by atoms with Crippen LogP contribution in [0.5, 0.6) is 0 Å². The molecule has 6 nitrogen and oxygen atoms in total. The van der Waals surface area contributed by atoms with Crippen LogP contribution in [0.1, 0.15) is 31.7 Å². The van der Waals surface area contributed by atoms with Gasteiger partial charge in [-0.05, 0) is 37.0 Å². The van der Waals surface area contributed by atoms with E-state index >= 15 is 0 Å². The van der Waals surface area contributed by atoms with Gasteiger partial charge in [-0.15, -0.1) is 0 Å². The molecule has 1 N–H and O–H groups in total. The molecule has 24 heavy (non-hydrogen) atoms. The number of hydrogen-bond donors (Lipinski definition) is 1. The minimum atomic E-state index is -3.76. The molecular weight excluding hydrogens is 350 g/mol. The highest BCUT2D eigenvalue weighted by atomic mass is 35.5. The number of carbonyl (C=O) groups excluding carboxylic acids is 1. The molecule has 0 bridgehead atoms. The molecule has 1 aliphatic rings. The van der Waals surface area contributed by atoms with Crippen LogP contribution in [0.2, 0.25) is 5.02 Å². The van der Waals surface area contributed by atoms with Crippen molar-refractivity contribution >= 4 is 27.5 Å². The van der Waals surface area contributed by atoms with Gasteiger partial charge in [-0.25, -0.2) is 13.1 Å². The molecule has 1 aliphatic heterocycles. The highest BCUT2D eigenvalue weighted by Crippen LogP contribution is 2.20. The van der Waals surface area contributed by atoms with E-state index in [1.54, 1.807) is 4.90 Å². The third-order valence-corrected chi connectivity index (χ3v) is 5.78. The van der Waals surface area contributed by atoms with Crippen LogP contribution in [0, 0.1) is 17.2 Å². The molecule has 1 fully saturated rings. The minimum absolute atomic E-state index is 0.0226. The Balaban J connectivity index is 1.92.